The molecule has 4 aromatic rings. The van der Waals surface area contributed by atoms with Crippen LogP contribution in [0.3, 0.4) is 0 Å². The summed E-state index contributed by atoms with van der Waals surface area (Å²) in [5.41, 5.74) is 4.53. The highest BCUT2D eigenvalue weighted by molar-refractivity contribution is 5.86. The van der Waals surface area contributed by atoms with Gasteiger partial charge in [0.25, 0.3) is 0 Å². The highest BCUT2D eigenvalue weighted by Crippen LogP contribution is 2.21. The number of rotatable bonds is 7. The molecule has 0 aliphatic rings. The number of nitrogens with zero attached hydrogens (tertiary/aromatic N) is 4. The van der Waals surface area contributed by atoms with Crippen molar-refractivity contribution in [1.29, 1.82) is 0 Å². The molecule has 1 N–H and O–H groups in total. The molecule has 7 heteroatoms. The normalized spacial score (nSPS) is 10.9. The van der Waals surface area contributed by atoms with Crippen molar-refractivity contribution in [3.05, 3.63) is 107 Å². The zero-order valence-corrected chi connectivity index (χ0v) is 19.1. The molecule has 0 saturated heterocycles. The largest absolute Gasteiger partial charge is 0.465 e. The van der Waals surface area contributed by atoms with E-state index in [4.69, 9.17) is 0 Å². The fourth-order valence-electron chi connectivity index (χ4n) is 3.74. The summed E-state index contributed by atoms with van der Waals surface area (Å²) in [5.74, 6) is 0.187. The Balaban J connectivity index is 1.59. The van der Waals surface area contributed by atoms with Gasteiger partial charge in [0.1, 0.15) is 5.69 Å². The van der Waals surface area contributed by atoms with Crippen molar-refractivity contribution >= 4 is 11.8 Å². The van der Waals surface area contributed by atoms with Crippen LogP contribution in [-0.4, -0.2) is 32.5 Å². The van der Waals surface area contributed by atoms with Crippen LogP contribution in [0, 0.1) is 5.92 Å². The Morgan fingerprint density at radius 3 is 2.50 bits per heavy atom. The molecule has 2 aromatic carbocycles. The minimum Gasteiger partial charge on any atom is -0.465 e. The van der Waals surface area contributed by atoms with Gasteiger partial charge in [0.15, 0.2) is 0 Å². The Labute approximate surface area is 198 Å². The number of carbonyl (C=O) groups is 1. The Morgan fingerprint density at radius 1 is 1.03 bits per heavy atom. The van der Waals surface area contributed by atoms with Crippen LogP contribution in [0.2, 0.25) is 0 Å². The highest BCUT2D eigenvalue weighted by Gasteiger charge is 2.16. The first kappa shape index (κ1) is 22.9. The van der Waals surface area contributed by atoms with Gasteiger partial charge in [0.05, 0.1) is 5.69 Å². The van der Waals surface area contributed by atoms with E-state index in [0.29, 0.717) is 24.3 Å². The van der Waals surface area contributed by atoms with E-state index in [2.05, 4.69) is 10.1 Å². The average molecular weight is 455 g/mol. The third kappa shape index (κ3) is 5.38. The molecule has 7 nitrogen and oxygen atoms in total. The Kier molecular flexibility index (Phi) is 6.82. The first-order valence-electron chi connectivity index (χ1n) is 11.1. The van der Waals surface area contributed by atoms with Crippen LogP contribution >= 0.6 is 0 Å². The van der Waals surface area contributed by atoms with Crippen molar-refractivity contribution in [3.63, 3.8) is 0 Å². The molecule has 0 unspecified atom stereocenters. The molecule has 34 heavy (non-hydrogen) atoms. The second-order valence-electron chi connectivity index (χ2n) is 8.49. The van der Waals surface area contributed by atoms with Gasteiger partial charge in [-0.15, -0.1) is 0 Å². The number of hydrogen-bond donors (Lipinski definition) is 1. The summed E-state index contributed by atoms with van der Waals surface area (Å²) in [6.45, 7) is 4.34. The summed E-state index contributed by atoms with van der Waals surface area (Å²) in [4.78, 5) is 29.7. The monoisotopic (exact) mass is 454 g/mol. The summed E-state index contributed by atoms with van der Waals surface area (Å²) in [5, 5.41) is 14.2. The SMILES string of the molecule is CC(C)CN(C(=O)O)c1cccc(Cc2nn(-c3ccc(-c4cccnc4)cc3)ccc2=O)c1. The van der Waals surface area contributed by atoms with Crippen molar-refractivity contribution < 1.29 is 9.90 Å². The quantitative estimate of drug-likeness (QED) is 0.423. The van der Waals surface area contributed by atoms with E-state index >= 15 is 0 Å². The summed E-state index contributed by atoms with van der Waals surface area (Å²) in [6, 6.07) is 20.5. The minimum atomic E-state index is -0.999. The predicted octanol–water partition coefficient (Wildman–Crippen LogP) is 5.03. The van der Waals surface area contributed by atoms with E-state index < -0.39 is 6.09 Å². The lowest BCUT2D eigenvalue weighted by Gasteiger charge is -2.22. The molecular formula is C27H26N4O3. The lowest BCUT2D eigenvalue weighted by Crippen LogP contribution is -2.32. The van der Waals surface area contributed by atoms with Crippen LogP contribution in [0.25, 0.3) is 16.8 Å². The molecule has 0 fully saturated rings. The Morgan fingerprint density at radius 2 is 1.82 bits per heavy atom. The minimum absolute atomic E-state index is 0.161. The van der Waals surface area contributed by atoms with Gasteiger partial charge in [0, 0.05) is 43.3 Å². The van der Waals surface area contributed by atoms with Crippen LogP contribution in [-0.2, 0) is 6.42 Å². The number of anilines is 1. The number of pyridine rings is 1. The molecule has 2 heterocycles. The predicted molar refractivity (Wildman–Crippen MR) is 133 cm³/mol. The van der Waals surface area contributed by atoms with Crippen molar-refractivity contribution in [3.8, 4) is 16.8 Å². The Bertz CT molecular complexity index is 1330. The summed E-state index contributed by atoms with van der Waals surface area (Å²) < 4.78 is 1.68. The van der Waals surface area contributed by atoms with Crippen LogP contribution in [0.5, 0.6) is 0 Å². The second-order valence-corrected chi connectivity index (χ2v) is 8.49. The number of benzene rings is 2. The van der Waals surface area contributed by atoms with Crippen LogP contribution in [0.1, 0.15) is 25.1 Å². The van der Waals surface area contributed by atoms with Crippen molar-refractivity contribution in [2.75, 3.05) is 11.4 Å². The van der Waals surface area contributed by atoms with Gasteiger partial charge in [-0.25, -0.2) is 9.48 Å². The van der Waals surface area contributed by atoms with Crippen molar-refractivity contribution in [1.82, 2.24) is 14.8 Å². The maximum absolute atomic E-state index is 12.5. The van der Waals surface area contributed by atoms with Gasteiger partial charge in [-0.1, -0.05) is 44.2 Å². The molecular weight excluding hydrogens is 428 g/mol. The van der Waals surface area contributed by atoms with E-state index in [1.165, 1.54) is 11.0 Å². The highest BCUT2D eigenvalue weighted by atomic mass is 16.4. The van der Waals surface area contributed by atoms with Gasteiger partial charge in [-0.2, -0.15) is 5.10 Å². The fourth-order valence-corrected chi connectivity index (χ4v) is 3.74. The average Bonchev–Trinajstić information content (AvgIpc) is 2.84. The first-order chi connectivity index (χ1) is 16.4. The van der Waals surface area contributed by atoms with Crippen molar-refractivity contribution in [2.45, 2.75) is 20.3 Å². The van der Waals surface area contributed by atoms with Crippen LogP contribution < -0.4 is 10.3 Å². The van der Waals surface area contributed by atoms with Crippen LogP contribution in [0.4, 0.5) is 10.5 Å². The van der Waals surface area contributed by atoms with Crippen molar-refractivity contribution in [2.24, 2.45) is 5.92 Å². The zero-order chi connectivity index (χ0) is 24.1. The number of hydrogen-bond acceptors (Lipinski definition) is 4. The molecule has 1 amide bonds. The molecule has 0 atom stereocenters. The lowest BCUT2D eigenvalue weighted by molar-refractivity contribution is 0.201. The molecule has 172 valence electrons. The van der Waals surface area contributed by atoms with E-state index in [9.17, 15) is 14.7 Å². The van der Waals surface area contributed by atoms with E-state index in [0.717, 1.165) is 22.4 Å². The molecule has 2 aromatic heterocycles. The standard InChI is InChI=1S/C27H26N4O3/c1-19(2)18-30(27(33)34)24-7-3-5-20(15-24)16-25-26(32)12-14-31(29-25)23-10-8-21(9-11-23)22-6-4-13-28-17-22/h3-15,17,19H,16,18H2,1-2H3,(H,33,34). The third-order valence-electron chi connectivity index (χ3n) is 5.38. The third-order valence-corrected chi connectivity index (χ3v) is 5.38. The molecule has 0 spiro atoms. The molecule has 0 radical (unpaired) electrons. The van der Waals surface area contributed by atoms with E-state index in [1.807, 2.05) is 62.5 Å². The first-order valence-corrected chi connectivity index (χ1v) is 11.1. The zero-order valence-electron chi connectivity index (χ0n) is 19.1. The van der Waals surface area contributed by atoms with Gasteiger partial charge >= 0.3 is 6.09 Å². The summed E-state index contributed by atoms with van der Waals surface area (Å²) >= 11 is 0. The molecule has 0 aliphatic carbocycles. The van der Waals surface area contributed by atoms with E-state index in [-0.39, 0.29) is 11.3 Å². The number of carboxylic acid groups (broad SMARTS) is 1. The van der Waals surface area contributed by atoms with Crippen LogP contribution in [0.15, 0.2) is 90.1 Å². The van der Waals surface area contributed by atoms with Gasteiger partial charge in [-0.3, -0.25) is 14.7 Å². The lowest BCUT2D eigenvalue weighted by atomic mass is 10.1. The smallest absolute Gasteiger partial charge is 0.411 e. The summed E-state index contributed by atoms with van der Waals surface area (Å²) in [6.07, 6.45) is 4.50. The molecule has 4 rings (SSSR count). The number of aromatic nitrogens is 3. The van der Waals surface area contributed by atoms with Gasteiger partial charge in [0.2, 0.25) is 5.43 Å². The second kappa shape index (κ2) is 10.1. The maximum Gasteiger partial charge on any atom is 0.411 e. The molecule has 0 bridgehead atoms. The topological polar surface area (TPSA) is 88.3 Å². The number of amides is 1. The Hall–Kier alpha value is -4.26. The molecule has 0 aliphatic heterocycles. The summed E-state index contributed by atoms with van der Waals surface area (Å²) in [7, 11) is 0. The maximum atomic E-state index is 12.5. The fraction of sp³-hybridized carbons (Fsp3) is 0.185. The van der Waals surface area contributed by atoms with Gasteiger partial charge in [-0.05, 0) is 52.9 Å². The van der Waals surface area contributed by atoms with E-state index in [1.54, 1.807) is 35.3 Å². The molecule has 0 saturated carbocycles. The van der Waals surface area contributed by atoms with Gasteiger partial charge < -0.3 is 5.11 Å².